The van der Waals surface area contributed by atoms with Gasteiger partial charge in [-0.25, -0.2) is 11.1 Å². The molecular weight excluding hydrogens is 525 g/mol. The fourth-order valence-corrected chi connectivity index (χ4v) is 2.32. The fraction of sp³-hybridized carbons (Fsp3) is 0.556. The van der Waals surface area contributed by atoms with E-state index in [1.807, 2.05) is 0 Å². The standard InChI is InChI=1S/2C9H13.2ClH.U/c2*1-6-5-7(2)9(4)8(6)3;;;/h2*6H,1-4H3;2*1H;/q2*-1;;;+2. The van der Waals surface area contributed by atoms with Crippen LogP contribution in [0.5, 0.6) is 0 Å². The van der Waals surface area contributed by atoms with E-state index >= 15 is 0 Å². The molecule has 0 aromatic carbocycles. The minimum absolute atomic E-state index is 0. The molecule has 3 heteroatoms. The molecule has 0 aromatic rings. The molecule has 118 valence electrons. The Kier molecular flexibility index (Phi) is 14.1. The van der Waals surface area contributed by atoms with Crippen LogP contribution >= 0.6 is 24.8 Å². The summed E-state index contributed by atoms with van der Waals surface area (Å²) in [5, 5.41) is 0. The Hall–Kier alpha value is 0.592. The van der Waals surface area contributed by atoms with Gasteiger partial charge in [0.15, 0.2) is 0 Å². The van der Waals surface area contributed by atoms with E-state index in [9.17, 15) is 0 Å². The maximum atomic E-state index is 3.36. The van der Waals surface area contributed by atoms with Crippen LogP contribution in [0.25, 0.3) is 0 Å². The van der Waals surface area contributed by atoms with Gasteiger partial charge in [0.05, 0.1) is 0 Å². The van der Waals surface area contributed by atoms with Crippen molar-refractivity contribution in [3.05, 3.63) is 45.6 Å². The summed E-state index contributed by atoms with van der Waals surface area (Å²) in [7, 11) is 0. The van der Waals surface area contributed by atoms with Crippen LogP contribution in [0.3, 0.4) is 0 Å². The first-order valence-electron chi connectivity index (χ1n) is 6.81. The van der Waals surface area contributed by atoms with Crippen LogP contribution in [0.2, 0.25) is 0 Å². The number of rotatable bonds is 0. The zero-order chi connectivity index (χ0) is 14.0. The molecule has 0 bridgehead atoms. The van der Waals surface area contributed by atoms with Gasteiger partial charge in [-0.1, -0.05) is 53.4 Å². The van der Waals surface area contributed by atoms with Crippen LogP contribution in [0.1, 0.15) is 55.4 Å². The van der Waals surface area contributed by atoms with Gasteiger partial charge in [0.1, 0.15) is 0 Å². The summed E-state index contributed by atoms with van der Waals surface area (Å²) in [6.07, 6.45) is 6.72. The van der Waals surface area contributed by atoms with Gasteiger partial charge < -0.3 is 0 Å². The van der Waals surface area contributed by atoms with Crippen LogP contribution in [0.15, 0.2) is 33.4 Å². The van der Waals surface area contributed by atoms with Crippen LogP contribution in [0.4, 0.5) is 0 Å². The third-order valence-corrected chi connectivity index (χ3v) is 4.47. The van der Waals surface area contributed by atoms with Crippen molar-refractivity contribution in [2.75, 3.05) is 0 Å². The third kappa shape index (κ3) is 6.70. The van der Waals surface area contributed by atoms with Crippen molar-refractivity contribution < 1.29 is 31.1 Å². The summed E-state index contributed by atoms with van der Waals surface area (Å²) in [5.74, 6) is 1.12. The van der Waals surface area contributed by atoms with Crippen molar-refractivity contribution in [1.82, 2.24) is 0 Å². The normalized spacial score (nSPS) is 23.2. The maximum Gasteiger partial charge on any atom is 2.00 e. The van der Waals surface area contributed by atoms with Crippen molar-refractivity contribution in [2.24, 2.45) is 11.8 Å². The van der Waals surface area contributed by atoms with E-state index in [0.29, 0.717) is 11.8 Å². The molecule has 2 aliphatic carbocycles. The Balaban J connectivity index is -0.000000270. The summed E-state index contributed by atoms with van der Waals surface area (Å²) in [6.45, 7) is 17.3. The molecule has 2 rings (SSSR count). The smallest absolute Gasteiger partial charge is 0.266 e. The molecule has 2 unspecified atom stereocenters. The van der Waals surface area contributed by atoms with Gasteiger partial charge in [-0.3, -0.25) is 12.2 Å². The van der Waals surface area contributed by atoms with Crippen LogP contribution in [0, 0.1) is 55.1 Å². The van der Waals surface area contributed by atoms with Crippen LogP contribution in [-0.2, 0) is 0 Å². The Morgan fingerprint density at radius 2 is 0.857 bits per heavy atom. The van der Waals surface area contributed by atoms with Gasteiger partial charge in [-0.15, -0.1) is 38.7 Å². The molecule has 0 saturated heterocycles. The molecule has 0 saturated carbocycles. The fourth-order valence-electron chi connectivity index (χ4n) is 2.32. The summed E-state index contributed by atoms with van der Waals surface area (Å²) in [4.78, 5) is 0. The Morgan fingerprint density at radius 3 is 0.905 bits per heavy atom. The SMILES string of the molecule is CC1=[C-]C(C)C(C)=C1C.CC1=[C-]C(C)C(C)=C1C.Cl.Cl.[U+2]. The summed E-state index contributed by atoms with van der Waals surface area (Å²) < 4.78 is 0. The molecule has 2 aliphatic rings. The Morgan fingerprint density at radius 1 is 0.619 bits per heavy atom. The molecule has 0 fully saturated rings. The molecule has 0 amide bonds. The predicted octanol–water partition coefficient (Wildman–Crippen LogP) is 6.29. The molecule has 2 atom stereocenters. The quantitative estimate of drug-likeness (QED) is 0.310. The minimum Gasteiger partial charge on any atom is -0.266 e. The van der Waals surface area contributed by atoms with Crippen molar-refractivity contribution >= 4 is 24.8 Å². The van der Waals surface area contributed by atoms with Crippen molar-refractivity contribution in [3.8, 4) is 0 Å². The first-order valence-corrected chi connectivity index (χ1v) is 6.81. The van der Waals surface area contributed by atoms with E-state index in [1.165, 1.54) is 33.4 Å². The van der Waals surface area contributed by atoms with Gasteiger partial charge in [-0.2, -0.15) is 22.3 Å². The maximum absolute atomic E-state index is 3.36. The van der Waals surface area contributed by atoms with Gasteiger partial charge in [0.2, 0.25) is 0 Å². The van der Waals surface area contributed by atoms with Crippen LogP contribution in [-0.4, -0.2) is 0 Å². The second-order valence-electron chi connectivity index (χ2n) is 5.60. The van der Waals surface area contributed by atoms with E-state index in [0.717, 1.165) is 0 Å². The molecule has 0 aromatic heterocycles. The monoisotopic (exact) mass is 552 g/mol. The zero-order valence-corrected chi connectivity index (χ0v) is 20.3. The number of halogens is 2. The molecule has 0 nitrogen and oxygen atoms in total. The second kappa shape index (κ2) is 11.2. The molecule has 0 aliphatic heterocycles. The number of hydrogen-bond donors (Lipinski definition) is 0. The second-order valence-corrected chi connectivity index (χ2v) is 5.60. The van der Waals surface area contributed by atoms with Crippen molar-refractivity contribution in [1.29, 1.82) is 0 Å². The molecule has 0 radical (unpaired) electrons. The first kappa shape index (κ1) is 26.5. The van der Waals surface area contributed by atoms with Gasteiger partial charge in [-0.05, 0) is 0 Å². The average Bonchev–Trinajstić information content (AvgIpc) is 2.66. The van der Waals surface area contributed by atoms with E-state index in [1.54, 1.807) is 0 Å². The summed E-state index contributed by atoms with van der Waals surface area (Å²) in [6, 6.07) is 0. The van der Waals surface area contributed by atoms with E-state index < -0.39 is 0 Å². The first-order chi connectivity index (χ1) is 8.25. The largest absolute Gasteiger partial charge is 2.00 e. The number of allylic oxidation sites excluding steroid dienone is 8. The Labute approximate surface area is 167 Å². The Bertz CT molecular complexity index is 424. The molecule has 21 heavy (non-hydrogen) atoms. The van der Waals surface area contributed by atoms with Gasteiger partial charge in [0.25, 0.3) is 0 Å². The van der Waals surface area contributed by atoms with E-state index in [-0.39, 0.29) is 55.9 Å². The zero-order valence-electron chi connectivity index (χ0n) is 14.5. The average molecular weight is 553 g/mol. The van der Waals surface area contributed by atoms with E-state index in [2.05, 4.69) is 67.5 Å². The van der Waals surface area contributed by atoms with Gasteiger partial charge in [0, 0.05) is 0 Å². The molecule has 0 spiro atoms. The van der Waals surface area contributed by atoms with Crippen molar-refractivity contribution in [2.45, 2.75) is 55.4 Å². The molecule has 0 N–H and O–H groups in total. The molecule has 0 heterocycles. The topological polar surface area (TPSA) is 0 Å². The van der Waals surface area contributed by atoms with Gasteiger partial charge >= 0.3 is 31.1 Å². The van der Waals surface area contributed by atoms with Crippen LogP contribution < -0.4 is 0 Å². The number of hydrogen-bond acceptors (Lipinski definition) is 0. The minimum atomic E-state index is 0. The molecular formula is C18H28Cl2U. The summed E-state index contributed by atoms with van der Waals surface area (Å²) in [5.41, 5.74) is 8.49. The van der Waals surface area contributed by atoms with E-state index in [4.69, 9.17) is 0 Å². The van der Waals surface area contributed by atoms with Crippen molar-refractivity contribution in [3.63, 3.8) is 0 Å². The predicted molar refractivity (Wildman–Crippen MR) is 94.4 cm³/mol. The summed E-state index contributed by atoms with van der Waals surface area (Å²) >= 11 is 0. The third-order valence-electron chi connectivity index (χ3n) is 4.47.